The summed E-state index contributed by atoms with van der Waals surface area (Å²) >= 11 is 0. The summed E-state index contributed by atoms with van der Waals surface area (Å²) in [5.74, 6) is 0.704. The SMILES string of the molecule is CC1(C)CCC[C@@H](CC(=O)[C@@H]2[C@@H]3C[C@@H]3CN2C(=O)Cn2nc(C(N)=O)c3ccccc32)C1. The minimum Gasteiger partial charge on any atom is -0.364 e. The fourth-order valence-corrected chi connectivity index (χ4v) is 6.22. The summed E-state index contributed by atoms with van der Waals surface area (Å²) in [4.78, 5) is 40.3. The van der Waals surface area contributed by atoms with Crippen molar-refractivity contribution in [1.82, 2.24) is 14.7 Å². The van der Waals surface area contributed by atoms with Crippen molar-refractivity contribution in [3.8, 4) is 0 Å². The number of nitrogens with two attached hydrogens (primary N) is 1. The molecule has 0 radical (unpaired) electrons. The van der Waals surface area contributed by atoms with Crippen LogP contribution in [0.3, 0.4) is 0 Å². The van der Waals surface area contributed by atoms with E-state index < -0.39 is 5.91 Å². The van der Waals surface area contributed by atoms with Crippen molar-refractivity contribution < 1.29 is 14.4 Å². The number of primary amides is 1. The predicted molar refractivity (Wildman–Crippen MR) is 121 cm³/mol. The van der Waals surface area contributed by atoms with Gasteiger partial charge in [-0.2, -0.15) is 5.10 Å². The number of hydrogen-bond donors (Lipinski definition) is 1. The Kier molecular flexibility index (Phi) is 5.10. The van der Waals surface area contributed by atoms with Gasteiger partial charge >= 0.3 is 0 Å². The Balaban J connectivity index is 1.32. The van der Waals surface area contributed by atoms with E-state index in [1.54, 1.807) is 15.6 Å². The van der Waals surface area contributed by atoms with E-state index in [2.05, 4.69) is 18.9 Å². The number of nitrogens with zero attached hydrogens (tertiary/aromatic N) is 3. The third-order valence-corrected chi connectivity index (χ3v) is 7.77. The van der Waals surface area contributed by atoms with Gasteiger partial charge < -0.3 is 10.6 Å². The van der Waals surface area contributed by atoms with Gasteiger partial charge in [-0.1, -0.05) is 38.5 Å². The Labute approximate surface area is 188 Å². The Morgan fingerprint density at radius 2 is 2.00 bits per heavy atom. The molecule has 3 aliphatic rings. The first-order valence-electron chi connectivity index (χ1n) is 11.8. The van der Waals surface area contributed by atoms with Crippen LogP contribution in [0.4, 0.5) is 0 Å². The second-order valence-corrected chi connectivity index (χ2v) is 10.8. The maximum absolute atomic E-state index is 13.4. The molecule has 0 spiro atoms. The molecule has 2 N–H and O–H groups in total. The summed E-state index contributed by atoms with van der Waals surface area (Å²) in [5, 5.41) is 4.96. The van der Waals surface area contributed by atoms with Crippen molar-refractivity contribution >= 4 is 28.5 Å². The lowest BCUT2D eigenvalue weighted by atomic mass is 9.70. The van der Waals surface area contributed by atoms with Crippen molar-refractivity contribution in [2.45, 2.75) is 65.0 Å². The molecule has 32 heavy (non-hydrogen) atoms. The van der Waals surface area contributed by atoms with Crippen molar-refractivity contribution in [3.05, 3.63) is 30.0 Å². The van der Waals surface area contributed by atoms with E-state index in [9.17, 15) is 14.4 Å². The molecule has 1 aliphatic heterocycles. The van der Waals surface area contributed by atoms with E-state index in [4.69, 9.17) is 5.73 Å². The van der Waals surface area contributed by atoms with Crippen LogP contribution in [-0.4, -0.2) is 44.9 Å². The van der Waals surface area contributed by atoms with Gasteiger partial charge in [-0.3, -0.25) is 19.1 Å². The van der Waals surface area contributed by atoms with Crippen LogP contribution >= 0.6 is 0 Å². The average Bonchev–Trinajstić information content (AvgIpc) is 3.23. The molecule has 1 saturated heterocycles. The number of carbonyl (C=O) groups excluding carboxylic acids is 3. The molecule has 0 bridgehead atoms. The van der Waals surface area contributed by atoms with E-state index in [-0.39, 0.29) is 30.0 Å². The number of benzene rings is 1. The summed E-state index contributed by atoms with van der Waals surface area (Å²) in [6, 6.07) is 6.98. The van der Waals surface area contributed by atoms with Gasteiger partial charge in [0.15, 0.2) is 11.5 Å². The van der Waals surface area contributed by atoms with Gasteiger partial charge in [-0.05, 0) is 54.9 Å². The predicted octanol–water partition coefficient (Wildman–Crippen LogP) is 3.16. The van der Waals surface area contributed by atoms with E-state index in [0.717, 1.165) is 19.3 Å². The molecule has 4 atom stereocenters. The molecule has 2 heterocycles. The Morgan fingerprint density at radius 3 is 2.75 bits per heavy atom. The number of para-hydroxylation sites is 1. The number of hydrogen-bond acceptors (Lipinski definition) is 4. The molecular formula is C25H32N4O3. The topological polar surface area (TPSA) is 98.3 Å². The van der Waals surface area contributed by atoms with E-state index in [0.29, 0.717) is 47.0 Å². The first-order chi connectivity index (χ1) is 15.2. The Hall–Kier alpha value is -2.70. The maximum Gasteiger partial charge on any atom is 0.269 e. The molecular weight excluding hydrogens is 404 g/mol. The van der Waals surface area contributed by atoms with Gasteiger partial charge in [-0.15, -0.1) is 0 Å². The number of likely N-dealkylation sites (tertiary alicyclic amines) is 1. The van der Waals surface area contributed by atoms with Crippen LogP contribution in [0.25, 0.3) is 10.9 Å². The smallest absolute Gasteiger partial charge is 0.269 e. The van der Waals surface area contributed by atoms with E-state index in [1.165, 1.54) is 12.8 Å². The fourth-order valence-electron chi connectivity index (χ4n) is 6.22. The quantitative estimate of drug-likeness (QED) is 0.752. The lowest BCUT2D eigenvalue weighted by Crippen LogP contribution is -2.45. The maximum atomic E-state index is 13.4. The van der Waals surface area contributed by atoms with Crippen LogP contribution in [0.2, 0.25) is 0 Å². The second-order valence-electron chi connectivity index (χ2n) is 10.8. The molecule has 0 unspecified atom stereocenters. The van der Waals surface area contributed by atoms with Crippen molar-refractivity contribution in [1.29, 1.82) is 0 Å². The van der Waals surface area contributed by atoms with E-state index >= 15 is 0 Å². The van der Waals surface area contributed by atoms with Gasteiger partial charge in [0, 0.05) is 18.4 Å². The highest BCUT2D eigenvalue weighted by molar-refractivity contribution is 6.04. The van der Waals surface area contributed by atoms with Gasteiger partial charge in [-0.25, -0.2) is 0 Å². The average molecular weight is 437 g/mol. The minimum absolute atomic E-state index is 0.00741. The number of carbonyl (C=O) groups is 3. The summed E-state index contributed by atoms with van der Waals surface area (Å²) in [5.41, 5.74) is 6.66. The second kappa shape index (κ2) is 7.71. The molecule has 1 aromatic carbocycles. The number of fused-ring (bicyclic) bond motifs is 2. The summed E-state index contributed by atoms with van der Waals surface area (Å²) < 4.78 is 1.55. The number of piperidine rings is 1. The van der Waals surface area contributed by atoms with Crippen LogP contribution in [-0.2, 0) is 16.1 Å². The first-order valence-corrected chi connectivity index (χ1v) is 11.8. The zero-order chi connectivity index (χ0) is 22.6. The van der Waals surface area contributed by atoms with Gasteiger partial charge in [0.05, 0.1) is 11.6 Å². The highest BCUT2D eigenvalue weighted by Gasteiger charge is 2.56. The number of amides is 2. The lowest BCUT2D eigenvalue weighted by Gasteiger charge is -2.36. The van der Waals surface area contributed by atoms with E-state index in [1.807, 2.05) is 18.2 Å². The zero-order valence-corrected chi connectivity index (χ0v) is 18.9. The molecule has 2 amide bonds. The van der Waals surface area contributed by atoms with Crippen LogP contribution in [0.5, 0.6) is 0 Å². The van der Waals surface area contributed by atoms with Crippen LogP contribution in [0.15, 0.2) is 24.3 Å². The lowest BCUT2D eigenvalue weighted by molar-refractivity contribution is -0.139. The molecule has 7 heteroatoms. The number of aromatic nitrogens is 2. The number of Topliss-reactive ketones (excluding diaryl/α,β-unsaturated/α-hetero) is 1. The van der Waals surface area contributed by atoms with Gasteiger partial charge in [0.25, 0.3) is 5.91 Å². The van der Waals surface area contributed by atoms with Crippen molar-refractivity contribution in [3.63, 3.8) is 0 Å². The molecule has 7 nitrogen and oxygen atoms in total. The minimum atomic E-state index is -0.613. The van der Waals surface area contributed by atoms with Crippen LogP contribution < -0.4 is 5.73 Å². The number of ketones is 1. The Bertz CT molecular complexity index is 1090. The third kappa shape index (κ3) is 3.82. The van der Waals surface area contributed by atoms with Crippen molar-refractivity contribution in [2.24, 2.45) is 28.9 Å². The molecule has 2 saturated carbocycles. The third-order valence-electron chi connectivity index (χ3n) is 7.77. The zero-order valence-electron chi connectivity index (χ0n) is 18.9. The molecule has 170 valence electrons. The van der Waals surface area contributed by atoms with Crippen LogP contribution in [0, 0.1) is 23.2 Å². The Morgan fingerprint density at radius 1 is 1.22 bits per heavy atom. The molecule has 3 fully saturated rings. The first kappa shape index (κ1) is 21.2. The van der Waals surface area contributed by atoms with Crippen molar-refractivity contribution in [2.75, 3.05) is 6.54 Å². The molecule has 5 rings (SSSR count). The largest absolute Gasteiger partial charge is 0.364 e. The highest BCUT2D eigenvalue weighted by atomic mass is 16.2. The summed E-state index contributed by atoms with van der Waals surface area (Å²) in [6.45, 7) is 5.24. The summed E-state index contributed by atoms with van der Waals surface area (Å²) in [7, 11) is 0. The molecule has 1 aromatic heterocycles. The number of rotatable bonds is 6. The fraction of sp³-hybridized carbons (Fsp3) is 0.600. The molecule has 2 aromatic rings. The van der Waals surface area contributed by atoms with Gasteiger partial charge in [0.1, 0.15) is 6.54 Å². The normalized spacial score (nSPS) is 28.5. The van der Waals surface area contributed by atoms with Crippen LogP contribution in [0.1, 0.15) is 62.9 Å². The monoisotopic (exact) mass is 436 g/mol. The molecule has 2 aliphatic carbocycles. The standard InChI is InChI=1S/C25H32N4O3/c1-25(2)9-5-6-15(12-25)10-20(30)23-18-11-16(18)13-28(23)21(31)14-29-19-8-4-3-7-17(19)22(27-29)24(26)32/h3-4,7-8,15-16,18,23H,5-6,9-14H2,1-2H3,(H2,26,32)/t15-,16+,18+,23-/m0/s1. The van der Waals surface area contributed by atoms with Gasteiger partial charge in [0.2, 0.25) is 5.91 Å². The highest BCUT2D eigenvalue weighted by Crippen LogP contribution is 2.51. The summed E-state index contributed by atoms with van der Waals surface area (Å²) in [6.07, 6.45) is 6.23.